The maximum atomic E-state index is 12.2. The van der Waals surface area contributed by atoms with E-state index in [1.54, 1.807) is 18.3 Å². The molecule has 1 aliphatic rings. The number of carbonyl (C=O) groups excluding carboxylic acids is 1. The van der Waals surface area contributed by atoms with Gasteiger partial charge in [0.05, 0.1) is 11.5 Å². The van der Waals surface area contributed by atoms with Gasteiger partial charge in [0.15, 0.2) is 9.84 Å². The highest BCUT2D eigenvalue weighted by atomic mass is 32.2. The van der Waals surface area contributed by atoms with Crippen molar-refractivity contribution in [1.29, 1.82) is 0 Å². The van der Waals surface area contributed by atoms with E-state index in [9.17, 15) is 13.2 Å². The maximum Gasteiger partial charge on any atom is 0.269 e. The van der Waals surface area contributed by atoms with Crippen LogP contribution in [0.3, 0.4) is 0 Å². The molecule has 134 valence electrons. The molecular weight excluding hydrogens is 328 g/mol. The van der Waals surface area contributed by atoms with Crippen LogP contribution < -0.4 is 10.2 Å². The van der Waals surface area contributed by atoms with Crippen molar-refractivity contribution in [3.63, 3.8) is 0 Å². The van der Waals surface area contributed by atoms with Crippen LogP contribution in [0, 0.1) is 0 Å². The average molecular weight is 354 g/mol. The van der Waals surface area contributed by atoms with Gasteiger partial charge in [-0.05, 0) is 45.6 Å². The summed E-state index contributed by atoms with van der Waals surface area (Å²) >= 11 is 0. The molecule has 1 aromatic heterocycles. The third kappa shape index (κ3) is 5.17. The van der Waals surface area contributed by atoms with E-state index >= 15 is 0 Å². The molecule has 2 heterocycles. The van der Waals surface area contributed by atoms with Gasteiger partial charge in [-0.15, -0.1) is 0 Å². The van der Waals surface area contributed by atoms with Crippen LogP contribution in [0.2, 0.25) is 0 Å². The van der Waals surface area contributed by atoms with Crippen LogP contribution >= 0.6 is 0 Å². The zero-order valence-corrected chi connectivity index (χ0v) is 15.3. The number of sulfone groups is 1. The van der Waals surface area contributed by atoms with Crippen LogP contribution in [-0.4, -0.2) is 76.0 Å². The molecule has 1 N–H and O–H groups in total. The van der Waals surface area contributed by atoms with Gasteiger partial charge in [0.1, 0.15) is 5.69 Å². The standard InChI is InChI=1S/C16H26N4O3S/c1-19(2)9-4-7-18-16(21)15-11-13(5-8-17-15)20(3)14-6-10-24(22,23)12-14/h5,8,11,14H,4,6-7,9-10,12H2,1-3H3,(H,18,21). The Balaban J connectivity index is 1.96. The summed E-state index contributed by atoms with van der Waals surface area (Å²) in [6.07, 6.45) is 3.08. The Kier molecular flexibility index (Phi) is 6.17. The number of amides is 1. The zero-order valence-electron chi connectivity index (χ0n) is 14.5. The highest BCUT2D eigenvalue weighted by Crippen LogP contribution is 2.23. The van der Waals surface area contributed by atoms with Crippen molar-refractivity contribution in [2.75, 3.05) is 50.6 Å². The summed E-state index contributed by atoms with van der Waals surface area (Å²) in [7, 11) is 2.91. The molecule has 8 heteroatoms. The third-order valence-electron chi connectivity index (χ3n) is 4.21. The number of nitrogens with one attached hydrogen (secondary N) is 1. The first-order chi connectivity index (χ1) is 11.3. The zero-order chi connectivity index (χ0) is 17.7. The van der Waals surface area contributed by atoms with Crippen LogP contribution in [0.15, 0.2) is 18.3 Å². The van der Waals surface area contributed by atoms with E-state index in [-0.39, 0.29) is 23.5 Å². The Morgan fingerprint density at radius 2 is 2.12 bits per heavy atom. The quantitative estimate of drug-likeness (QED) is 0.713. The molecule has 1 aliphatic heterocycles. The maximum absolute atomic E-state index is 12.2. The van der Waals surface area contributed by atoms with Gasteiger partial charge in [0.2, 0.25) is 0 Å². The average Bonchev–Trinajstić information content (AvgIpc) is 2.90. The molecule has 1 aromatic rings. The fourth-order valence-electron chi connectivity index (χ4n) is 2.74. The molecular formula is C16H26N4O3S. The number of pyridine rings is 1. The van der Waals surface area contributed by atoms with Crippen LogP contribution in [0.5, 0.6) is 0 Å². The molecule has 0 radical (unpaired) electrons. The molecule has 1 atom stereocenters. The van der Waals surface area contributed by atoms with Crippen molar-refractivity contribution >= 4 is 21.4 Å². The van der Waals surface area contributed by atoms with Crippen LogP contribution in [0.25, 0.3) is 0 Å². The SMILES string of the molecule is CN(C)CCCNC(=O)c1cc(N(C)C2CCS(=O)(=O)C2)ccn1. The summed E-state index contributed by atoms with van der Waals surface area (Å²) in [4.78, 5) is 20.3. The molecule has 2 rings (SSSR count). The van der Waals surface area contributed by atoms with Gasteiger partial charge in [-0.1, -0.05) is 0 Å². The number of anilines is 1. The molecule has 1 amide bonds. The van der Waals surface area contributed by atoms with Crippen LogP contribution in [-0.2, 0) is 9.84 Å². The Bertz CT molecular complexity index is 676. The molecule has 0 spiro atoms. The lowest BCUT2D eigenvalue weighted by atomic mass is 10.2. The van der Waals surface area contributed by atoms with Gasteiger partial charge >= 0.3 is 0 Å². The minimum absolute atomic E-state index is 0.0478. The van der Waals surface area contributed by atoms with Gasteiger partial charge in [-0.2, -0.15) is 0 Å². The van der Waals surface area contributed by atoms with Crippen molar-refractivity contribution in [2.45, 2.75) is 18.9 Å². The Morgan fingerprint density at radius 3 is 2.75 bits per heavy atom. The van der Waals surface area contributed by atoms with E-state index in [4.69, 9.17) is 0 Å². The number of hydrogen-bond donors (Lipinski definition) is 1. The lowest BCUT2D eigenvalue weighted by Gasteiger charge is -2.25. The predicted octanol–water partition coefficient (Wildman–Crippen LogP) is 0.386. The first-order valence-electron chi connectivity index (χ1n) is 8.11. The molecule has 0 bridgehead atoms. The molecule has 24 heavy (non-hydrogen) atoms. The number of aromatic nitrogens is 1. The number of nitrogens with zero attached hydrogens (tertiary/aromatic N) is 3. The first kappa shape index (κ1) is 18.7. The van der Waals surface area contributed by atoms with E-state index in [0.29, 0.717) is 18.7 Å². The molecule has 7 nitrogen and oxygen atoms in total. The highest BCUT2D eigenvalue weighted by Gasteiger charge is 2.31. The minimum atomic E-state index is -2.94. The smallest absolute Gasteiger partial charge is 0.269 e. The van der Waals surface area contributed by atoms with Crippen molar-refractivity contribution < 1.29 is 13.2 Å². The van der Waals surface area contributed by atoms with Gasteiger partial charge in [-0.25, -0.2) is 8.42 Å². The van der Waals surface area contributed by atoms with Gasteiger partial charge < -0.3 is 15.1 Å². The summed E-state index contributed by atoms with van der Waals surface area (Å²) in [5.74, 6) is 0.188. The highest BCUT2D eigenvalue weighted by molar-refractivity contribution is 7.91. The Labute approximate surface area is 144 Å². The molecule has 0 aliphatic carbocycles. The van der Waals surface area contributed by atoms with Gasteiger partial charge in [0.25, 0.3) is 5.91 Å². The topological polar surface area (TPSA) is 82.6 Å². The fourth-order valence-corrected chi connectivity index (χ4v) is 4.52. The van der Waals surface area contributed by atoms with Crippen molar-refractivity contribution in [2.24, 2.45) is 0 Å². The van der Waals surface area contributed by atoms with E-state index in [1.165, 1.54) is 0 Å². The lowest BCUT2D eigenvalue weighted by Crippen LogP contribution is -2.33. The monoisotopic (exact) mass is 354 g/mol. The molecule has 0 aromatic carbocycles. The molecule has 0 saturated carbocycles. The predicted molar refractivity (Wildman–Crippen MR) is 95.2 cm³/mol. The molecule has 1 saturated heterocycles. The second-order valence-corrected chi connectivity index (χ2v) is 8.71. The van der Waals surface area contributed by atoms with E-state index in [1.807, 2.05) is 26.0 Å². The van der Waals surface area contributed by atoms with Crippen LogP contribution in [0.4, 0.5) is 5.69 Å². The number of rotatable bonds is 7. The normalized spacial score (nSPS) is 19.4. The second kappa shape index (κ2) is 7.94. The lowest BCUT2D eigenvalue weighted by molar-refractivity contribution is 0.0947. The Morgan fingerprint density at radius 1 is 1.38 bits per heavy atom. The summed E-state index contributed by atoms with van der Waals surface area (Å²) < 4.78 is 23.3. The Hall–Kier alpha value is -1.67. The summed E-state index contributed by atoms with van der Waals surface area (Å²) in [5.41, 5.74) is 1.16. The van der Waals surface area contributed by atoms with E-state index < -0.39 is 9.84 Å². The van der Waals surface area contributed by atoms with Crippen molar-refractivity contribution in [3.8, 4) is 0 Å². The van der Waals surface area contributed by atoms with Crippen molar-refractivity contribution in [1.82, 2.24) is 15.2 Å². The largest absolute Gasteiger partial charge is 0.370 e. The molecule has 1 unspecified atom stereocenters. The summed E-state index contributed by atoms with van der Waals surface area (Å²) in [6.45, 7) is 1.51. The van der Waals surface area contributed by atoms with Crippen LogP contribution in [0.1, 0.15) is 23.3 Å². The number of hydrogen-bond acceptors (Lipinski definition) is 6. The first-order valence-corrected chi connectivity index (χ1v) is 9.93. The number of carbonyl (C=O) groups is 1. The molecule has 1 fully saturated rings. The second-order valence-electron chi connectivity index (χ2n) is 6.48. The summed E-state index contributed by atoms with van der Waals surface area (Å²) in [6, 6.07) is 3.47. The summed E-state index contributed by atoms with van der Waals surface area (Å²) in [5, 5.41) is 2.86. The van der Waals surface area contributed by atoms with Gasteiger partial charge in [-0.3, -0.25) is 9.78 Å². The van der Waals surface area contributed by atoms with E-state index in [2.05, 4.69) is 15.2 Å². The van der Waals surface area contributed by atoms with Crippen molar-refractivity contribution in [3.05, 3.63) is 24.0 Å². The van der Waals surface area contributed by atoms with E-state index in [0.717, 1.165) is 18.7 Å². The third-order valence-corrected chi connectivity index (χ3v) is 5.96. The fraction of sp³-hybridized carbons (Fsp3) is 0.625. The minimum Gasteiger partial charge on any atom is -0.370 e. The van der Waals surface area contributed by atoms with Gasteiger partial charge in [0, 0.05) is 31.5 Å².